The first-order valence-electron chi connectivity index (χ1n) is 6.37. The highest BCUT2D eigenvalue weighted by atomic mass is 19.1. The summed E-state index contributed by atoms with van der Waals surface area (Å²) in [5, 5.41) is 0. The lowest BCUT2D eigenvalue weighted by Gasteiger charge is -2.12. The van der Waals surface area contributed by atoms with Crippen LogP contribution in [-0.2, 0) is 11.3 Å². The number of nitrogen functional groups attached to an aromatic ring is 1. The Kier molecular flexibility index (Phi) is 4.42. The van der Waals surface area contributed by atoms with Crippen molar-refractivity contribution in [2.75, 3.05) is 12.8 Å². The maximum absolute atomic E-state index is 13.0. The standard InChI is InChI=1S/C16H16FNO3/c1-10-8-12(17)7-6-11(10)9-21-16(19)15-13(18)4-3-5-14(15)20-2/h3-8H,9,18H2,1-2H3. The van der Waals surface area contributed by atoms with Gasteiger partial charge in [0, 0.05) is 5.69 Å². The third-order valence-corrected chi connectivity index (χ3v) is 3.15. The third-order valence-electron chi connectivity index (χ3n) is 3.15. The molecule has 5 heteroatoms. The average molecular weight is 289 g/mol. The molecule has 0 atom stereocenters. The van der Waals surface area contributed by atoms with Gasteiger partial charge in [0.1, 0.15) is 23.7 Å². The van der Waals surface area contributed by atoms with Crippen molar-refractivity contribution in [1.29, 1.82) is 0 Å². The predicted molar refractivity (Wildman–Crippen MR) is 77.7 cm³/mol. The summed E-state index contributed by atoms with van der Waals surface area (Å²) >= 11 is 0. The summed E-state index contributed by atoms with van der Waals surface area (Å²) in [6, 6.07) is 9.23. The second kappa shape index (κ2) is 6.26. The number of carbonyl (C=O) groups excluding carboxylic acids is 1. The van der Waals surface area contributed by atoms with Gasteiger partial charge in [0.15, 0.2) is 0 Å². The Bertz CT molecular complexity index is 671. The summed E-state index contributed by atoms with van der Waals surface area (Å²) in [6.07, 6.45) is 0. The molecule has 2 rings (SSSR count). The Morgan fingerprint density at radius 3 is 2.71 bits per heavy atom. The molecule has 0 aliphatic carbocycles. The van der Waals surface area contributed by atoms with Gasteiger partial charge in [-0.15, -0.1) is 0 Å². The van der Waals surface area contributed by atoms with Crippen LogP contribution in [0.4, 0.5) is 10.1 Å². The Morgan fingerprint density at radius 1 is 1.29 bits per heavy atom. The van der Waals surface area contributed by atoms with Crippen LogP contribution >= 0.6 is 0 Å². The van der Waals surface area contributed by atoms with Gasteiger partial charge in [-0.1, -0.05) is 12.1 Å². The van der Waals surface area contributed by atoms with Crippen molar-refractivity contribution in [3.8, 4) is 5.75 Å². The van der Waals surface area contributed by atoms with E-state index in [1.165, 1.54) is 19.2 Å². The summed E-state index contributed by atoms with van der Waals surface area (Å²) < 4.78 is 23.4. The molecule has 0 saturated heterocycles. The van der Waals surface area contributed by atoms with Crippen LogP contribution < -0.4 is 10.5 Å². The minimum Gasteiger partial charge on any atom is -0.496 e. The van der Waals surface area contributed by atoms with E-state index in [-0.39, 0.29) is 23.7 Å². The first-order chi connectivity index (χ1) is 10.0. The van der Waals surface area contributed by atoms with Crippen molar-refractivity contribution in [1.82, 2.24) is 0 Å². The molecule has 0 fully saturated rings. The first kappa shape index (κ1) is 14.8. The van der Waals surface area contributed by atoms with Gasteiger partial charge in [0.2, 0.25) is 0 Å². The first-order valence-corrected chi connectivity index (χ1v) is 6.37. The average Bonchev–Trinajstić information content (AvgIpc) is 2.45. The summed E-state index contributed by atoms with van der Waals surface area (Å²) in [7, 11) is 1.45. The SMILES string of the molecule is COc1cccc(N)c1C(=O)OCc1ccc(F)cc1C. The highest BCUT2D eigenvalue weighted by Gasteiger charge is 2.17. The molecule has 4 nitrogen and oxygen atoms in total. The minimum atomic E-state index is -0.575. The number of anilines is 1. The normalized spacial score (nSPS) is 10.2. The molecule has 0 bridgehead atoms. The largest absolute Gasteiger partial charge is 0.496 e. The fraction of sp³-hybridized carbons (Fsp3) is 0.188. The number of methoxy groups -OCH3 is 1. The van der Waals surface area contributed by atoms with Crippen LogP contribution in [0.25, 0.3) is 0 Å². The van der Waals surface area contributed by atoms with Crippen molar-refractivity contribution in [3.63, 3.8) is 0 Å². The lowest BCUT2D eigenvalue weighted by Crippen LogP contribution is -2.10. The zero-order valence-corrected chi connectivity index (χ0v) is 11.9. The molecular weight excluding hydrogens is 273 g/mol. The Balaban J connectivity index is 2.16. The lowest BCUT2D eigenvalue weighted by molar-refractivity contribution is 0.0470. The van der Waals surface area contributed by atoms with E-state index in [1.54, 1.807) is 31.2 Å². The van der Waals surface area contributed by atoms with Gasteiger partial charge < -0.3 is 15.2 Å². The molecule has 0 aliphatic heterocycles. The summed E-state index contributed by atoms with van der Waals surface area (Å²) in [4.78, 5) is 12.1. The second-order valence-electron chi connectivity index (χ2n) is 4.57. The Hall–Kier alpha value is -2.56. The van der Waals surface area contributed by atoms with Gasteiger partial charge in [0.05, 0.1) is 7.11 Å². The van der Waals surface area contributed by atoms with Gasteiger partial charge >= 0.3 is 5.97 Å². The maximum Gasteiger partial charge on any atom is 0.344 e. The molecule has 2 aromatic rings. The van der Waals surface area contributed by atoms with E-state index in [0.29, 0.717) is 5.75 Å². The quantitative estimate of drug-likeness (QED) is 0.694. The molecule has 110 valence electrons. The number of rotatable bonds is 4. The number of ether oxygens (including phenoxy) is 2. The Morgan fingerprint density at radius 2 is 2.05 bits per heavy atom. The van der Waals surface area contributed by atoms with Crippen LogP contribution in [0.3, 0.4) is 0 Å². The topological polar surface area (TPSA) is 61.5 Å². The maximum atomic E-state index is 13.0. The summed E-state index contributed by atoms with van der Waals surface area (Å²) in [5.41, 5.74) is 7.72. The molecule has 0 saturated carbocycles. The van der Waals surface area contributed by atoms with E-state index >= 15 is 0 Å². The number of benzene rings is 2. The molecule has 0 aliphatic rings. The van der Waals surface area contributed by atoms with E-state index in [1.807, 2.05) is 0 Å². The number of aryl methyl sites for hydroxylation is 1. The van der Waals surface area contributed by atoms with Gasteiger partial charge in [-0.05, 0) is 42.3 Å². The highest BCUT2D eigenvalue weighted by Crippen LogP contribution is 2.25. The number of carbonyl (C=O) groups is 1. The fourth-order valence-corrected chi connectivity index (χ4v) is 1.97. The van der Waals surface area contributed by atoms with Crippen LogP contribution in [0.15, 0.2) is 36.4 Å². The number of nitrogens with two attached hydrogens (primary N) is 1. The molecule has 2 N–H and O–H groups in total. The van der Waals surface area contributed by atoms with Crippen molar-refractivity contribution in [2.24, 2.45) is 0 Å². The summed E-state index contributed by atoms with van der Waals surface area (Å²) in [5.74, 6) is -0.541. The van der Waals surface area contributed by atoms with E-state index in [2.05, 4.69) is 0 Å². The van der Waals surface area contributed by atoms with E-state index in [4.69, 9.17) is 15.2 Å². The van der Waals surface area contributed by atoms with Crippen LogP contribution in [0.5, 0.6) is 5.75 Å². The molecule has 0 unspecified atom stereocenters. The van der Waals surface area contributed by atoms with E-state index in [9.17, 15) is 9.18 Å². The number of halogens is 1. The lowest BCUT2D eigenvalue weighted by atomic mass is 10.1. The smallest absolute Gasteiger partial charge is 0.344 e. The monoisotopic (exact) mass is 289 g/mol. The zero-order valence-electron chi connectivity index (χ0n) is 11.9. The molecular formula is C16H16FNO3. The number of esters is 1. The highest BCUT2D eigenvalue weighted by molar-refractivity contribution is 5.98. The zero-order chi connectivity index (χ0) is 15.4. The van der Waals surface area contributed by atoms with Crippen LogP contribution in [0, 0.1) is 12.7 Å². The Labute approximate surface area is 122 Å². The van der Waals surface area contributed by atoms with Gasteiger partial charge in [-0.3, -0.25) is 0 Å². The predicted octanol–water partition coefficient (Wildman–Crippen LogP) is 3.08. The molecule has 0 spiro atoms. The molecule has 21 heavy (non-hydrogen) atoms. The van der Waals surface area contributed by atoms with Crippen molar-refractivity contribution >= 4 is 11.7 Å². The summed E-state index contributed by atoms with van der Waals surface area (Å²) in [6.45, 7) is 1.80. The van der Waals surface area contributed by atoms with Crippen LogP contribution in [0.2, 0.25) is 0 Å². The van der Waals surface area contributed by atoms with Gasteiger partial charge in [-0.2, -0.15) is 0 Å². The fourth-order valence-electron chi connectivity index (χ4n) is 1.97. The van der Waals surface area contributed by atoms with Gasteiger partial charge in [0.25, 0.3) is 0 Å². The van der Waals surface area contributed by atoms with Crippen molar-refractivity contribution < 1.29 is 18.7 Å². The van der Waals surface area contributed by atoms with E-state index < -0.39 is 5.97 Å². The minimum absolute atomic E-state index is 0.0441. The molecule has 0 heterocycles. The molecule has 0 amide bonds. The van der Waals surface area contributed by atoms with Crippen LogP contribution in [0.1, 0.15) is 21.5 Å². The molecule has 0 aromatic heterocycles. The van der Waals surface area contributed by atoms with Crippen molar-refractivity contribution in [3.05, 3.63) is 58.9 Å². The second-order valence-corrected chi connectivity index (χ2v) is 4.57. The van der Waals surface area contributed by atoms with Crippen LogP contribution in [-0.4, -0.2) is 13.1 Å². The number of hydrogen-bond donors (Lipinski definition) is 1. The molecule has 0 radical (unpaired) electrons. The van der Waals surface area contributed by atoms with Gasteiger partial charge in [-0.25, -0.2) is 9.18 Å². The molecule has 2 aromatic carbocycles. The third kappa shape index (κ3) is 3.31. The van der Waals surface area contributed by atoms with E-state index in [0.717, 1.165) is 11.1 Å². The number of hydrogen-bond acceptors (Lipinski definition) is 4. The van der Waals surface area contributed by atoms with Crippen molar-refractivity contribution in [2.45, 2.75) is 13.5 Å².